The number of nitrogens with zero attached hydrogens (tertiary/aromatic N) is 2. The van der Waals surface area contributed by atoms with Crippen LogP contribution in [0.15, 0.2) is 24.3 Å². The predicted octanol–water partition coefficient (Wildman–Crippen LogP) is 1.75. The molecule has 0 aliphatic carbocycles. The van der Waals surface area contributed by atoms with Gasteiger partial charge in [0.15, 0.2) is 0 Å². The largest absolute Gasteiger partial charge is 0.260 e. The Hall–Kier alpha value is -1.78. The van der Waals surface area contributed by atoms with Crippen molar-refractivity contribution >= 4 is 0 Å². The second-order valence-corrected chi connectivity index (χ2v) is 2.47. The molecule has 2 rings (SSSR count). The number of nitrogens with one attached hydrogen (secondary N) is 1. The highest BCUT2D eigenvalue weighted by molar-refractivity contribution is 5.57. The van der Waals surface area contributed by atoms with Crippen molar-refractivity contribution in [2.24, 2.45) is 0 Å². The lowest BCUT2D eigenvalue weighted by Gasteiger charge is -1.94. The van der Waals surface area contributed by atoms with Gasteiger partial charge in [0, 0.05) is 5.56 Å². The van der Waals surface area contributed by atoms with Crippen LogP contribution in [0.3, 0.4) is 0 Å². The lowest BCUT2D eigenvalue weighted by Crippen LogP contribution is -1.82. The molecule has 0 aliphatic heterocycles. The Morgan fingerprint density at radius 2 is 1.69 bits per heavy atom. The average Bonchev–Trinajstić information content (AvgIpc) is 2.53. The van der Waals surface area contributed by atoms with Gasteiger partial charge in [0.1, 0.15) is 11.5 Å². The Kier molecular flexibility index (Phi) is 1.77. The van der Waals surface area contributed by atoms with Crippen LogP contribution in [0, 0.1) is 11.8 Å². The van der Waals surface area contributed by atoms with Gasteiger partial charge < -0.3 is 0 Å². The van der Waals surface area contributed by atoms with E-state index in [1.165, 1.54) is 24.3 Å². The maximum atomic E-state index is 12.8. The highest BCUT2D eigenvalue weighted by atomic mass is 19.1. The zero-order chi connectivity index (χ0) is 9.26. The summed E-state index contributed by atoms with van der Waals surface area (Å²) in [6.07, 6.45) is 0. The van der Waals surface area contributed by atoms with E-state index in [1.807, 2.05) is 0 Å². The van der Waals surface area contributed by atoms with E-state index >= 15 is 0 Å². The monoisotopic (exact) mass is 181 g/mol. The second kappa shape index (κ2) is 2.93. The maximum Gasteiger partial charge on any atom is 0.260 e. The van der Waals surface area contributed by atoms with Crippen molar-refractivity contribution in [3.05, 3.63) is 36.0 Å². The molecule has 0 amide bonds. The number of aromatic nitrogens is 3. The van der Waals surface area contributed by atoms with Crippen LogP contribution in [0.4, 0.5) is 8.78 Å². The molecule has 0 saturated heterocycles. The zero-order valence-corrected chi connectivity index (χ0v) is 6.46. The first-order valence-corrected chi connectivity index (χ1v) is 3.59. The minimum atomic E-state index is -0.688. The lowest BCUT2D eigenvalue weighted by atomic mass is 10.2. The molecule has 13 heavy (non-hydrogen) atoms. The summed E-state index contributed by atoms with van der Waals surface area (Å²) in [6.45, 7) is 0. The van der Waals surface area contributed by atoms with Gasteiger partial charge in [-0.1, -0.05) is 0 Å². The van der Waals surface area contributed by atoms with Crippen LogP contribution in [0.2, 0.25) is 0 Å². The minimum Gasteiger partial charge on any atom is -0.207 e. The first-order chi connectivity index (χ1) is 6.27. The number of benzene rings is 1. The fraction of sp³-hybridized carbons (Fsp3) is 0. The fourth-order valence-corrected chi connectivity index (χ4v) is 1.01. The molecule has 0 atom stereocenters. The van der Waals surface area contributed by atoms with Crippen LogP contribution < -0.4 is 0 Å². The summed E-state index contributed by atoms with van der Waals surface area (Å²) >= 11 is 0. The molecule has 66 valence electrons. The van der Waals surface area contributed by atoms with Crippen molar-refractivity contribution < 1.29 is 8.78 Å². The van der Waals surface area contributed by atoms with E-state index < -0.39 is 5.95 Å². The SMILES string of the molecule is Fc1ccc(-c2n[nH]nc2F)cc1. The number of hydrogen-bond acceptors (Lipinski definition) is 2. The van der Waals surface area contributed by atoms with Gasteiger partial charge in [-0.05, 0) is 24.3 Å². The van der Waals surface area contributed by atoms with E-state index in [4.69, 9.17) is 0 Å². The first-order valence-electron chi connectivity index (χ1n) is 3.59. The molecule has 2 aromatic rings. The summed E-state index contributed by atoms with van der Waals surface area (Å²) in [7, 11) is 0. The van der Waals surface area contributed by atoms with Gasteiger partial charge in [0.25, 0.3) is 5.95 Å². The molecule has 1 aromatic carbocycles. The second-order valence-electron chi connectivity index (χ2n) is 2.47. The van der Waals surface area contributed by atoms with Crippen molar-refractivity contribution in [1.82, 2.24) is 15.4 Å². The summed E-state index contributed by atoms with van der Waals surface area (Å²) in [5.41, 5.74) is 0.590. The lowest BCUT2D eigenvalue weighted by molar-refractivity contribution is 0.581. The summed E-state index contributed by atoms with van der Waals surface area (Å²) in [5, 5.41) is 8.94. The molecule has 0 spiro atoms. The predicted molar refractivity (Wildman–Crippen MR) is 41.7 cm³/mol. The van der Waals surface area contributed by atoms with E-state index in [0.29, 0.717) is 5.56 Å². The summed E-state index contributed by atoms with van der Waals surface area (Å²) in [6, 6.07) is 5.36. The molecule has 0 aliphatic rings. The smallest absolute Gasteiger partial charge is 0.207 e. The first kappa shape index (κ1) is 7.85. The Morgan fingerprint density at radius 1 is 1.00 bits per heavy atom. The van der Waals surface area contributed by atoms with Crippen molar-refractivity contribution in [2.75, 3.05) is 0 Å². The number of rotatable bonds is 1. The van der Waals surface area contributed by atoms with Crippen molar-refractivity contribution in [3.63, 3.8) is 0 Å². The molecule has 5 heteroatoms. The molecule has 1 N–H and O–H groups in total. The molecule has 0 radical (unpaired) electrons. The van der Waals surface area contributed by atoms with Gasteiger partial charge in [-0.3, -0.25) is 0 Å². The third kappa shape index (κ3) is 1.40. The van der Waals surface area contributed by atoms with Crippen LogP contribution in [0.1, 0.15) is 0 Å². The van der Waals surface area contributed by atoms with Crippen LogP contribution in [0.5, 0.6) is 0 Å². The van der Waals surface area contributed by atoms with Crippen LogP contribution in [-0.2, 0) is 0 Å². The molecule has 0 fully saturated rings. The van der Waals surface area contributed by atoms with Gasteiger partial charge >= 0.3 is 0 Å². The van der Waals surface area contributed by atoms with Gasteiger partial charge in [-0.25, -0.2) is 4.39 Å². The number of hydrogen-bond donors (Lipinski definition) is 1. The van der Waals surface area contributed by atoms with E-state index in [1.54, 1.807) is 0 Å². The van der Waals surface area contributed by atoms with E-state index in [9.17, 15) is 8.78 Å². The van der Waals surface area contributed by atoms with Gasteiger partial charge in [0.05, 0.1) is 0 Å². The van der Waals surface area contributed by atoms with E-state index in [0.717, 1.165) is 0 Å². The molecular weight excluding hydrogens is 176 g/mol. The van der Waals surface area contributed by atoms with Crippen molar-refractivity contribution in [3.8, 4) is 11.3 Å². The Balaban J connectivity index is 2.47. The third-order valence-corrected chi connectivity index (χ3v) is 1.62. The highest BCUT2D eigenvalue weighted by Gasteiger charge is 2.08. The zero-order valence-electron chi connectivity index (χ0n) is 6.46. The number of aromatic amines is 1. The van der Waals surface area contributed by atoms with Gasteiger partial charge in [-0.2, -0.15) is 14.7 Å². The minimum absolute atomic E-state index is 0.0972. The molecule has 0 bridgehead atoms. The van der Waals surface area contributed by atoms with Crippen molar-refractivity contribution in [2.45, 2.75) is 0 Å². The quantitative estimate of drug-likeness (QED) is 0.728. The molecular formula is C8H5F2N3. The molecule has 0 unspecified atom stereocenters. The van der Waals surface area contributed by atoms with Gasteiger partial charge in [-0.15, -0.1) is 5.10 Å². The normalized spacial score (nSPS) is 10.3. The highest BCUT2D eigenvalue weighted by Crippen LogP contribution is 2.18. The van der Waals surface area contributed by atoms with Gasteiger partial charge in [0.2, 0.25) is 0 Å². The standard InChI is InChI=1S/C8H5F2N3/c9-6-3-1-5(2-4-6)7-8(10)12-13-11-7/h1-4H,(H,11,12,13). The molecule has 1 aromatic heterocycles. The average molecular weight is 181 g/mol. The fourth-order valence-electron chi connectivity index (χ4n) is 1.01. The van der Waals surface area contributed by atoms with Crippen LogP contribution in [-0.4, -0.2) is 15.4 Å². The molecule has 0 saturated carbocycles. The van der Waals surface area contributed by atoms with E-state index in [-0.39, 0.29) is 11.5 Å². The molecule has 1 heterocycles. The topological polar surface area (TPSA) is 41.6 Å². The van der Waals surface area contributed by atoms with Crippen LogP contribution >= 0.6 is 0 Å². The van der Waals surface area contributed by atoms with E-state index in [2.05, 4.69) is 15.4 Å². The summed E-state index contributed by atoms with van der Waals surface area (Å²) < 4.78 is 25.3. The van der Waals surface area contributed by atoms with Crippen molar-refractivity contribution in [1.29, 1.82) is 0 Å². The number of halogens is 2. The Morgan fingerprint density at radius 3 is 2.23 bits per heavy atom. The third-order valence-electron chi connectivity index (χ3n) is 1.62. The maximum absolute atomic E-state index is 12.8. The Bertz CT molecular complexity index is 408. The number of H-pyrrole nitrogens is 1. The summed E-state index contributed by atoms with van der Waals surface area (Å²) in [4.78, 5) is 0. The van der Waals surface area contributed by atoms with Crippen LogP contribution in [0.25, 0.3) is 11.3 Å². The summed E-state index contributed by atoms with van der Waals surface area (Å²) in [5.74, 6) is -1.06. The molecule has 3 nitrogen and oxygen atoms in total. The Labute approximate surface area is 72.4 Å².